The van der Waals surface area contributed by atoms with Crippen LogP contribution in [0.1, 0.15) is 28.6 Å². The van der Waals surface area contributed by atoms with E-state index in [-0.39, 0.29) is 22.5 Å². The summed E-state index contributed by atoms with van der Waals surface area (Å²) in [4.78, 5) is 12.4. The minimum atomic E-state index is -0.720. The number of carbonyl (C=O) groups is 1. The minimum Gasteiger partial charge on any atom is -0.341 e. The molecule has 0 bridgehead atoms. The fourth-order valence-corrected chi connectivity index (χ4v) is 3.45. The van der Waals surface area contributed by atoms with Gasteiger partial charge >= 0.3 is 0 Å². The molecular weight excluding hydrogens is 389 g/mol. The normalized spacial score (nSPS) is 12.0. The van der Waals surface area contributed by atoms with Crippen LogP contribution >= 0.6 is 23.4 Å². The fourth-order valence-electron chi connectivity index (χ4n) is 2.55. The van der Waals surface area contributed by atoms with E-state index in [2.05, 4.69) is 32.0 Å². The van der Waals surface area contributed by atoms with Crippen LogP contribution in [0.15, 0.2) is 42.5 Å². The number of nitrogens with one attached hydrogen (secondary N) is 2. The Morgan fingerprint density at radius 2 is 2.19 bits per heavy atom. The van der Waals surface area contributed by atoms with E-state index in [1.807, 2.05) is 25.1 Å². The smallest absolute Gasteiger partial charge is 0.230 e. The zero-order chi connectivity index (χ0) is 19.2. The van der Waals surface area contributed by atoms with Crippen LogP contribution in [0.5, 0.6) is 0 Å². The monoisotopic (exact) mass is 405 g/mol. The Morgan fingerprint density at radius 1 is 1.33 bits per heavy atom. The molecule has 2 N–H and O–H groups in total. The summed E-state index contributed by atoms with van der Waals surface area (Å²) in [6, 6.07) is 11.7. The first-order valence-corrected chi connectivity index (χ1v) is 9.67. The molecule has 3 aromatic rings. The minimum absolute atomic E-state index is 0.00523. The second kappa shape index (κ2) is 8.96. The van der Waals surface area contributed by atoms with Gasteiger partial charge in [-0.25, -0.2) is 4.39 Å². The molecule has 6 nitrogen and oxygen atoms in total. The maximum atomic E-state index is 13.8. The summed E-state index contributed by atoms with van der Waals surface area (Å²) in [5.74, 6) is 0.424. The highest BCUT2D eigenvalue weighted by Crippen LogP contribution is 2.23. The van der Waals surface area contributed by atoms with E-state index < -0.39 is 11.9 Å². The molecule has 1 heterocycles. The maximum absolute atomic E-state index is 13.8. The number of H-pyrrole nitrogens is 1. The van der Waals surface area contributed by atoms with Crippen molar-refractivity contribution >= 4 is 29.3 Å². The van der Waals surface area contributed by atoms with Crippen molar-refractivity contribution in [3.63, 3.8) is 0 Å². The molecule has 0 saturated carbocycles. The van der Waals surface area contributed by atoms with Crippen LogP contribution in [-0.2, 0) is 10.5 Å². The number of nitrogens with zero attached hydrogens (tertiary/aromatic N) is 3. The van der Waals surface area contributed by atoms with Gasteiger partial charge in [0.2, 0.25) is 11.7 Å². The molecular formula is C18H17ClFN5OS. The molecule has 1 aromatic heterocycles. The van der Waals surface area contributed by atoms with E-state index in [0.29, 0.717) is 5.56 Å². The number of benzene rings is 2. The lowest BCUT2D eigenvalue weighted by Gasteiger charge is -2.16. The summed E-state index contributed by atoms with van der Waals surface area (Å²) in [5, 5.41) is 16.5. The summed E-state index contributed by atoms with van der Waals surface area (Å²) >= 11 is 7.23. The number of amides is 1. The molecule has 3 rings (SSSR count). The lowest BCUT2D eigenvalue weighted by atomic mass is 10.1. The van der Waals surface area contributed by atoms with Gasteiger partial charge in [-0.2, -0.15) is 5.21 Å². The molecule has 1 unspecified atom stereocenters. The second-order valence-electron chi connectivity index (χ2n) is 5.93. The highest BCUT2D eigenvalue weighted by molar-refractivity contribution is 7.99. The summed E-state index contributed by atoms with van der Waals surface area (Å²) < 4.78 is 13.8. The van der Waals surface area contributed by atoms with Crippen molar-refractivity contribution in [2.75, 3.05) is 5.75 Å². The molecule has 2 aromatic carbocycles. The van der Waals surface area contributed by atoms with Crippen LogP contribution in [0.2, 0.25) is 5.02 Å². The van der Waals surface area contributed by atoms with Gasteiger partial charge in [-0.05, 0) is 30.2 Å². The third kappa shape index (κ3) is 5.27. The van der Waals surface area contributed by atoms with Crippen LogP contribution in [0, 0.1) is 12.7 Å². The molecule has 0 fully saturated rings. The Morgan fingerprint density at radius 3 is 2.89 bits per heavy atom. The number of thioether (sulfide) groups is 1. The van der Waals surface area contributed by atoms with E-state index >= 15 is 0 Å². The lowest BCUT2D eigenvalue weighted by Crippen LogP contribution is -2.31. The molecule has 0 aliphatic heterocycles. The van der Waals surface area contributed by atoms with Crippen molar-refractivity contribution in [2.45, 2.75) is 18.7 Å². The SMILES string of the molecule is Cc1cccc(CSCC(=O)NC(c2ccc(Cl)c(F)c2)c2nn[nH]n2)c1. The molecule has 9 heteroatoms. The van der Waals surface area contributed by atoms with Crippen molar-refractivity contribution < 1.29 is 9.18 Å². The van der Waals surface area contributed by atoms with Crippen LogP contribution in [0.25, 0.3) is 0 Å². The molecule has 140 valence electrons. The Labute approximate surface area is 164 Å². The van der Waals surface area contributed by atoms with Crippen LogP contribution in [-0.4, -0.2) is 32.3 Å². The summed E-state index contributed by atoms with van der Waals surface area (Å²) in [5.41, 5.74) is 2.82. The average Bonchev–Trinajstić information content (AvgIpc) is 3.17. The number of aromatic amines is 1. The van der Waals surface area contributed by atoms with Crippen molar-refractivity contribution in [2.24, 2.45) is 0 Å². The van der Waals surface area contributed by atoms with E-state index in [1.165, 1.54) is 29.5 Å². The number of hydrogen-bond donors (Lipinski definition) is 2. The number of rotatable bonds is 7. The molecule has 1 atom stereocenters. The van der Waals surface area contributed by atoms with Crippen LogP contribution in [0.4, 0.5) is 4.39 Å². The third-order valence-corrected chi connectivity index (χ3v) is 5.10. The molecule has 0 saturated heterocycles. The number of aryl methyl sites for hydroxylation is 1. The number of hydrogen-bond acceptors (Lipinski definition) is 5. The summed E-state index contributed by atoms with van der Waals surface area (Å²) in [7, 11) is 0. The summed E-state index contributed by atoms with van der Waals surface area (Å²) in [6.45, 7) is 2.03. The first kappa shape index (κ1) is 19.3. The van der Waals surface area contributed by atoms with E-state index in [1.54, 1.807) is 6.07 Å². The first-order chi connectivity index (χ1) is 13.0. The zero-order valence-corrected chi connectivity index (χ0v) is 16.0. The molecule has 0 aliphatic rings. The lowest BCUT2D eigenvalue weighted by molar-refractivity contribution is -0.119. The Balaban J connectivity index is 1.65. The van der Waals surface area contributed by atoms with E-state index in [0.717, 1.165) is 11.3 Å². The van der Waals surface area contributed by atoms with E-state index in [4.69, 9.17) is 11.6 Å². The Bertz CT molecular complexity index is 922. The first-order valence-electron chi connectivity index (χ1n) is 8.14. The van der Waals surface area contributed by atoms with Crippen molar-refractivity contribution in [3.8, 4) is 0 Å². The molecule has 27 heavy (non-hydrogen) atoms. The second-order valence-corrected chi connectivity index (χ2v) is 7.32. The molecule has 0 spiro atoms. The third-order valence-electron chi connectivity index (χ3n) is 3.79. The van der Waals surface area contributed by atoms with Crippen LogP contribution < -0.4 is 5.32 Å². The Kier molecular flexibility index (Phi) is 6.41. The highest BCUT2D eigenvalue weighted by Gasteiger charge is 2.22. The topological polar surface area (TPSA) is 83.6 Å². The number of carbonyl (C=O) groups excluding carboxylic acids is 1. The largest absolute Gasteiger partial charge is 0.341 e. The zero-order valence-electron chi connectivity index (χ0n) is 14.4. The van der Waals surface area contributed by atoms with Gasteiger partial charge in [0.05, 0.1) is 10.8 Å². The van der Waals surface area contributed by atoms with Gasteiger partial charge < -0.3 is 5.32 Å². The van der Waals surface area contributed by atoms with Crippen LogP contribution in [0.3, 0.4) is 0 Å². The van der Waals surface area contributed by atoms with Gasteiger partial charge in [-0.15, -0.1) is 22.0 Å². The molecule has 0 radical (unpaired) electrons. The quantitative estimate of drug-likeness (QED) is 0.629. The maximum Gasteiger partial charge on any atom is 0.230 e. The molecule has 0 aliphatic carbocycles. The van der Waals surface area contributed by atoms with Gasteiger partial charge in [-0.1, -0.05) is 52.7 Å². The van der Waals surface area contributed by atoms with Gasteiger partial charge in [0.25, 0.3) is 0 Å². The van der Waals surface area contributed by atoms with Crippen molar-refractivity contribution in [1.82, 2.24) is 25.9 Å². The fraction of sp³-hybridized carbons (Fsp3) is 0.222. The number of tetrazole rings is 1. The molecule has 1 amide bonds. The van der Waals surface area contributed by atoms with Gasteiger partial charge in [0.15, 0.2) is 0 Å². The summed E-state index contributed by atoms with van der Waals surface area (Å²) in [6.07, 6.45) is 0. The van der Waals surface area contributed by atoms with E-state index in [9.17, 15) is 9.18 Å². The Hall–Kier alpha value is -2.45. The number of halogens is 2. The van der Waals surface area contributed by atoms with Crippen molar-refractivity contribution in [3.05, 3.63) is 75.8 Å². The predicted octanol–water partition coefficient (Wildman–Crippen LogP) is 3.44. The van der Waals surface area contributed by atoms with Gasteiger partial charge in [0, 0.05) is 5.75 Å². The highest BCUT2D eigenvalue weighted by atomic mass is 35.5. The van der Waals surface area contributed by atoms with Gasteiger partial charge in [-0.3, -0.25) is 4.79 Å². The van der Waals surface area contributed by atoms with Gasteiger partial charge in [0.1, 0.15) is 11.9 Å². The standard InChI is InChI=1S/C18H17ClFN5OS/c1-11-3-2-4-12(7-11)9-27-10-16(26)21-17(18-22-24-25-23-18)13-5-6-14(19)15(20)8-13/h2-8,17H,9-10H2,1H3,(H,21,26)(H,22,23,24,25). The number of aromatic nitrogens is 4. The average molecular weight is 406 g/mol. The predicted molar refractivity (Wildman–Crippen MR) is 103 cm³/mol. The van der Waals surface area contributed by atoms with Crippen molar-refractivity contribution in [1.29, 1.82) is 0 Å².